The smallest absolute Gasteiger partial charge is 0.127 e. The molecule has 2 nitrogen and oxygen atoms in total. The van der Waals surface area contributed by atoms with Gasteiger partial charge in [-0.25, -0.2) is 4.39 Å². The molecule has 0 aliphatic heterocycles. The molecule has 1 N–H and O–H groups in total. The second-order valence-corrected chi connectivity index (χ2v) is 5.79. The number of unbranched alkanes of at least 4 members (excludes halogenated alkanes) is 1. The van der Waals surface area contributed by atoms with Gasteiger partial charge in [-0.2, -0.15) is 0 Å². The number of nitrogens with one attached hydrogen (secondary N) is 1. The first-order valence-corrected chi connectivity index (χ1v) is 8.34. The minimum absolute atomic E-state index is 0.0833. The van der Waals surface area contributed by atoms with E-state index in [1.54, 1.807) is 6.07 Å². The standard InChI is InChI=1S/C18H31FN2/c1-5-8-11-21(15(4)6-2)14-17-12-16(13-20-7-3)9-10-18(17)19/h9-10,12,15,20H,5-8,11,13-14H2,1-4H3. The molecule has 21 heavy (non-hydrogen) atoms. The molecule has 0 spiro atoms. The minimum atomic E-state index is -0.0833. The van der Waals surface area contributed by atoms with Crippen LogP contribution in [0.4, 0.5) is 4.39 Å². The number of halogens is 1. The molecule has 0 fully saturated rings. The summed E-state index contributed by atoms with van der Waals surface area (Å²) in [7, 11) is 0. The largest absolute Gasteiger partial charge is 0.313 e. The molecule has 120 valence electrons. The SMILES string of the molecule is CCCCN(Cc1cc(CNCC)ccc1F)C(C)CC. The third-order valence-corrected chi connectivity index (χ3v) is 4.08. The van der Waals surface area contributed by atoms with Gasteiger partial charge in [-0.05, 0) is 44.5 Å². The van der Waals surface area contributed by atoms with Gasteiger partial charge in [0.15, 0.2) is 0 Å². The van der Waals surface area contributed by atoms with Crippen LogP contribution in [0.1, 0.15) is 58.1 Å². The van der Waals surface area contributed by atoms with E-state index in [1.165, 1.54) is 12.8 Å². The minimum Gasteiger partial charge on any atom is -0.313 e. The maximum Gasteiger partial charge on any atom is 0.127 e. The average Bonchev–Trinajstić information content (AvgIpc) is 2.50. The van der Waals surface area contributed by atoms with Gasteiger partial charge in [0, 0.05) is 24.7 Å². The zero-order valence-electron chi connectivity index (χ0n) is 14.1. The van der Waals surface area contributed by atoms with E-state index >= 15 is 0 Å². The molecule has 1 rings (SSSR count). The molecule has 0 amide bonds. The van der Waals surface area contributed by atoms with Crippen LogP contribution < -0.4 is 5.32 Å². The van der Waals surface area contributed by atoms with Gasteiger partial charge in [-0.15, -0.1) is 0 Å². The second kappa shape index (κ2) is 9.91. The summed E-state index contributed by atoms with van der Waals surface area (Å²) >= 11 is 0. The quantitative estimate of drug-likeness (QED) is 0.690. The number of nitrogens with zero attached hydrogens (tertiary/aromatic N) is 1. The summed E-state index contributed by atoms with van der Waals surface area (Å²) in [5.41, 5.74) is 1.98. The first kappa shape index (κ1) is 18.1. The molecule has 0 radical (unpaired) electrons. The molecule has 0 aromatic heterocycles. The predicted octanol–water partition coefficient (Wildman–Crippen LogP) is 4.34. The van der Waals surface area contributed by atoms with Gasteiger partial charge < -0.3 is 5.32 Å². The fourth-order valence-corrected chi connectivity index (χ4v) is 2.42. The molecule has 0 saturated heterocycles. The first-order chi connectivity index (χ1) is 10.1. The molecule has 0 aliphatic carbocycles. The van der Waals surface area contributed by atoms with Crippen molar-refractivity contribution in [1.29, 1.82) is 0 Å². The van der Waals surface area contributed by atoms with Crippen molar-refractivity contribution in [2.75, 3.05) is 13.1 Å². The van der Waals surface area contributed by atoms with Gasteiger partial charge in [-0.3, -0.25) is 4.90 Å². The molecule has 1 aromatic carbocycles. The van der Waals surface area contributed by atoms with Crippen molar-refractivity contribution in [1.82, 2.24) is 10.2 Å². The summed E-state index contributed by atoms with van der Waals surface area (Å²) in [5, 5.41) is 3.30. The Bertz CT molecular complexity index is 406. The molecule has 0 saturated carbocycles. The molecule has 3 heteroatoms. The number of hydrogen-bond acceptors (Lipinski definition) is 2. The van der Waals surface area contributed by atoms with Gasteiger partial charge >= 0.3 is 0 Å². The van der Waals surface area contributed by atoms with Gasteiger partial charge in [0.25, 0.3) is 0 Å². The van der Waals surface area contributed by atoms with E-state index in [0.717, 1.165) is 37.2 Å². The summed E-state index contributed by atoms with van der Waals surface area (Å²) in [6.45, 7) is 12.2. The Labute approximate surface area is 129 Å². The average molecular weight is 294 g/mol. The van der Waals surface area contributed by atoms with Crippen molar-refractivity contribution in [2.45, 2.75) is 66.1 Å². The Morgan fingerprint density at radius 2 is 2.00 bits per heavy atom. The summed E-state index contributed by atoms with van der Waals surface area (Å²) < 4.78 is 14.1. The molecule has 0 aliphatic rings. The van der Waals surface area contributed by atoms with Crippen LogP contribution in [0.2, 0.25) is 0 Å². The maximum atomic E-state index is 14.1. The van der Waals surface area contributed by atoms with Crippen LogP contribution in [0.15, 0.2) is 18.2 Å². The van der Waals surface area contributed by atoms with Crippen LogP contribution >= 0.6 is 0 Å². The topological polar surface area (TPSA) is 15.3 Å². The fraction of sp³-hybridized carbons (Fsp3) is 0.667. The van der Waals surface area contributed by atoms with E-state index in [9.17, 15) is 4.39 Å². The molecule has 1 unspecified atom stereocenters. The van der Waals surface area contributed by atoms with E-state index in [4.69, 9.17) is 0 Å². The molecular formula is C18H31FN2. The lowest BCUT2D eigenvalue weighted by Gasteiger charge is -2.28. The zero-order chi connectivity index (χ0) is 15.7. The Hall–Kier alpha value is -0.930. The van der Waals surface area contributed by atoms with Crippen molar-refractivity contribution < 1.29 is 4.39 Å². The highest BCUT2D eigenvalue weighted by Crippen LogP contribution is 2.16. The first-order valence-electron chi connectivity index (χ1n) is 8.34. The normalized spacial score (nSPS) is 12.9. The van der Waals surface area contributed by atoms with Crippen molar-refractivity contribution in [3.63, 3.8) is 0 Å². The Balaban J connectivity index is 2.80. The fourth-order valence-electron chi connectivity index (χ4n) is 2.42. The van der Waals surface area contributed by atoms with Crippen molar-refractivity contribution >= 4 is 0 Å². The number of rotatable bonds is 10. The lowest BCUT2D eigenvalue weighted by molar-refractivity contribution is 0.190. The van der Waals surface area contributed by atoms with Crippen LogP contribution in [0.3, 0.4) is 0 Å². The van der Waals surface area contributed by atoms with Crippen LogP contribution in [-0.2, 0) is 13.1 Å². The van der Waals surface area contributed by atoms with E-state index in [0.29, 0.717) is 12.6 Å². The monoisotopic (exact) mass is 294 g/mol. The predicted molar refractivity (Wildman–Crippen MR) is 88.9 cm³/mol. The highest BCUT2D eigenvalue weighted by Gasteiger charge is 2.14. The van der Waals surface area contributed by atoms with Gasteiger partial charge in [0.1, 0.15) is 5.82 Å². The molecular weight excluding hydrogens is 263 g/mol. The van der Waals surface area contributed by atoms with Crippen LogP contribution in [-0.4, -0.2) is 24.0 Å². The van der Waals surface area contributed by atoms with Gasteiger partial charge in [0.2, 0.25) is 0 Å². The van der Waals surface area contributed by atoms with E-state index in [-0.39, 0.29) is 5.82 Å². The van der Waals surface area contributed by atoms with Gasteiger partial charge in [0.05, 0.1) is 0 Å². The number of hydrogen-bond donors (Lipinski definition) is 1. The summed E-state index contributed by atoms with van der Waals surface area (Å²) in [5.74, 6) is -0.0833. The van der Waals surface area contributed by atoms with Crippen LogP contribution in [0.5, 0.6) is 0 Å². The molecule has 1 aromatic rings. The highest BCUT2D eigenvalue weighted by molar-refractivity contribution is 5.25. The van der Waals surface area contributed by atoms with Crippen molar-refractivity contribution in [3.05, 3.63) is 35.1 Å². The Kier molecular flexibility index (Phi) is 8.55. The van der Waals surface area contributed by atoms with Gasteiger partial charge in [-0.1, -0.05) is 39.3 Å². The second-order valence-electron chi connectivity index (χ2n) is 5.79. The van der Waals surface area contributed by atoms with Crippen LogP contribution in [0.25, 0.3) is 0 Å². The molecule has 0 bridgehead atoms. The molecule has 1 atom stereocenters. The van der Waals surface area contributed by atoms with E-state index in [2.05, 4.69) is 37.9 Å². The maximum absolute atomic E-state index is 14.1. The zero-order valence-corrected chi connectivity index (χ0v) is 14.1. The highest BCUT2D eigenvalue weighted by atomic mass is 19.1. The molecule has 0 heterocycles. The van der Waals surface area contributed by atoms with Crippen molar-refractivity contribution in [3.8, 4) is 0 Å². The Morgan fingerprint density at radius 3 is 2.62 bits per heavy atom. The summed E-state index contributed by atoms with van der Waals surface area (Å²) in [6, 6.07) is 5.99. The Morgan fingerprint density at radius 1 is 1.24 bits per heavy atom. The van der Waals surface area contributed by atoms with E-state index in [1.807, 2.05) is 12.1 Å². The summed E-state index contributed by atoms with van der Waals surface area (Å²) in [4.78, 5) is 2.40. The third-order valence-electron chi connectivity index (χ3n) is 4.08. The van der Waals surface area contributed by atoms with Crippen LogP contribution in [0, 0.1) is 5.82 Å². The number of benzene rings is 1. The lowest BCUT2D eigenvalue weighted by Crippen LogP contribution is -2.33. The lowest BCUT2D eigenvalue weighted by atomic mass is 10.1. The third kappa shape index (κ3) is 6.15. The van der Waals surface area contributed by atoms with Crippen molar-refractivity contribution in [2.24, 2.45) is 0 Å². The van der Waals surface area contributed by atoms with E-state index < -0.39 is 0 Å². The summed E-state index contributed by atoms with van der Waals surface area (Å²) in [6.07, 6.45) is 3.45.